The first-order chi connectivity index (χ1) is 4.72. The van der Waals surface area contributed by atoms with Gasteiger partial charge >= 0.3 is 0 Å². The molecule has 0 aromatic carbocycles. The Labute approximate surface area is 63.0 Å². The summed E-state index contributed by atoms with van der Waals surface area (Å²) in [6.07, 6.45) is 3.23. The Balaban J connectivity index is 3.50. The lowest BCUT2D eigenvalue weighted by atomic mass is 10.00. The van der Waals surface area contributed by atoms with E-state index in [1.807, 2.05) is 13.8 Å². The van der Waals surface area contributed by atoms with Crippen molar-refractivity contribution < 1.29 is 0 Å². The van der Waals surface area contributed by atoms with Gasteiger partial charge in [-0.3, -0.25) is 0 Å². The van der Waals surface area contributed by atoms with E-state index in [-0.39, 0.29) is 6.04 Å². The molecule has 2 heteroatoms. The van der Waals surface area contributed by atoms with E-state index in [1.54, 1.807) is 0 Å². The van der Waals surface area contributed by atoms with Crippen LogP contribution in [0.25, 0.3) is 0 Å². The molecule has 0 aliphatic carbocycles. The molecule has 0 N–H and O–H groups in total. The molecule has 0 fully saturated rings. The number of unbranched alkanes of at least 4 members (excludes halogenated alkanes) is 1. The fourth-order valence-electron chi connectivity index (χ4n) is 0.921. The van der Waals surface area contributed by atoms with Gasteiger partial charge in [0.1, 0.15) is 0 Å². The second kappa shape index (κ2) is 5.39. The third-order valence-corrected chi connectivity index (χ3v) is 1.76. The fraction of sp³-hybridized carbons (Fsp3) is 1.00. The molecule has 0 saturated heterocycles. The van der Waals surface area contributed by atoms with Crippen LogP contribution in [-0.4, -0.2) is 6.04 Å². The molecule has 0 aromatic heterocycles. The van der Waals surface area contributed by atoms with Crippen LogP contribution in [0.1, 0.15) is 40.0 Å². The highest BCUT2D eigenvalue weighted by molar-refractivity contribution is 4.68. The van der Waals surface area contributed by atoms with Crippen molar-refractivity contribution in [2.75, 3.05) is 0 Å². The summed E-state index contributed by atoms with van der Waals surface area (Å²) in [5.74, 6) is 0.407. The lowest BCUT2D eigenvalue weighted by Crippen LogP contribution is -2.11. The molecule has 1 unspecified atom stereocenters. The summed E-state index contributed by atoms with van der Waals surface area (Å²) < 4.78 is 0. The van der Waals surface area contributed by atoms with Crippen LogP contribution in [-0.2, 0) is 0 Å². The number of rotatable bonds is 5. The van der Waals surface area contributed by atoms with Crippen molar-refractivity contribution in [3.05, 3.63) is 4.91 Å². The van der Waals surface area contributed by atoms with Gasteiger partial charge < -0.3 is 0 Å². The standard InChI is InChI=1S/C8H17NO/c1-4-5-6-8(9-10)7(2)3/h7-8H,4-6H2,1-3H3. The quantitative estimate of drug-likeness (QED) is 0.544. The summed E-state index contributed by atoms with van der Waals surface area (Å²) >= 11 is 0. The van der Waals surface area contributed by atoms with Gasteiger partial charge in [-0.25, -0.2) is 0 Å². The summed E-state index contributed by atoms with van der Waals surface area (Å²) in [5.41, 5.74) is 0. The molecule has 0 amide bonds. The summed E-state index contributed by atoms with van der Waals surface area (Å²) in [4.78, 5) is 10.2. The first-order valence-electron chi connectivity index (χ1n) is 4.04. The number of nitrogens with zero attached hydrogens (tertiary/aromatic N) is 1. The first kappa shape index (κ1) is 9.60. The maximum atomic E-state index is 10.2. The first-order valence-corrected chi connectivity index (χ1v) is 4.04. The van der Waals surface area contributed by atoms with Crippen molar-refractivity contribution in [1.82, 2.24) is 0 Å². The minimum absolute atomic E-state index is 0.0416. The number of nitroso groups, excluding NO2 is 1. The zero-order valence-corrected chi connectivity index (χ0v) is 7.13. The molecule has 60 valence electrons. The number of hydrogen-bond acceptors (Lipinski definition) is 2. The van der Waals surface area contributed by atoms with Crippen LogP contribution < -0.4 is 0 Å². The van der Waals surface area contributed by atoms with Crippen molar-refractivity contribution in [2.24, 2.45) is 11.1 Å². The van der Waals surface area contributed by atoms with Crippen LogP contribution in [0.5, 0.6) is 0 Å². The highest BCUT2D eigenvalue weighted by Gasteiger charge is 2.11. The Morgan fingerprint density at radius 2 is 2.00 bits per heavy atom. The van der Waals surface area contributed by atoms with Crippen molar-refractivity contribution >= 4 is 0 Å². The second-order valence-corrected chi connectivity index (χ2v) is 3.06. The van der Waals surface area contributed by atoms with E-state index in [4.69, 9.17) is 0 Å². The van der Waals surface area contributed by atoms with Gasteiger partial charge in [-0.15, -0.1) is 0 Å². The molecule has 1 atom stereocenters. The molecule has 0 spiro atoms. The zero-order valence-electron chi connectivity index (χ0n) is 7.13. The summed E-state index contributed by atoms with van der Waals surface area (Å²) in [5, 5.41) is 3.08. The topological polar surface area (TPSA) is 29.4 Å². The normalized spacial score (nSPS) is 13.6. The SMILES string of the molecule is CCCCC(N=O)C(C)C. The molecule has 2 nitrogen and oxygen atoms in total. The highest BCUT2D eigenvalue weighted by atomic mass is 16.3. The van der Waals surface area contributed by atoms with Crippen molar-refractivity contribution in [2.45, 2.75) is 46.1 Å². The largest absolute Gasteiger partial charge is 0.151 e. The smallest absolute Gasteiger partial charge is 0.0942 e. The van der Waals surface area contributed by atoms with Crippen LogP contribution in [0.15, 0.2) is 5.18 Å². The van der Waals surface area contributed by atoms with E-state index >= 15 is 0 Å². The second-order valence-electron chi connectivity index (χ2n) is 3.06. The van der Waals surface area contributed by atoms with Crippen molar-refractivity contribution in [3.8, 4) is 0 Å². The molecule has 0 heterocycles. The van der Waals surface area contributed by atoms with E-state index in [0.29, 0.717) is 5.92 Å². The average Bonchev–Trinajstić information content (AvgIpc) is 1.89. The van der Waals surface area contributed by atoms with Gasteiger partial charge in [-0.1, -0.05) is 38.8 Å². The van der Waals surface area contributed by atoms with E-state index in [1.165, 1.54) is 0 Å². The molecule has 0 bridgehead atoms. The van der Waals surface area contributed by atoms with Gasteiger partial charge in [0, 0.05) is 0 Å². The third-order valence-electron chi connectivity index (χ3n) is 1.76. The van der Waals surface area contributed by atoms with Gasteiger partial charge in [0.05, 0.1) is 6.04 Å². The molecule has 0 saturated carbocycles. The Hall–Kier alpha value is -0.400. The van der Waals surface area contributed by atoms with Crippen LogP contribution in [0.3, 0.4) is 0 Å². The minimum Gasteiger partial charge on any atom is -0.151 e. The highest BCUT2D eigenvalue weighted by Crippen LogP contribution is 2.12. The van der Waals surface area contributed by atoms with E-state index in [9.17, 15) is 4.91 Å². The van der Waals surface area contributed by atoms with Crippen LogP contribution >= 0.6 is 0 Å². The van der Waals surface area contributed by atoms with Gasteiger partial charge in [0.2, 0.25) is 0 Å². The Kier molecular flexibility index (Phi) is 5.17. The van der Waals surface area contributed by atoms with Gasteiger partial charge in [-0.05, 0) is 12.3 Å². The van der Waals surface area contributed by atoms with Crippen molar-refractivity contribution in [1.29, 1.82) is 0 Å². The number of hydrogen-bond donors (Lipinski definition) is 0. The van der Waals surface area contributed by atoms with Crippen LogP contribution in [0.2, 0.25) is 0 Å². The lowest BCUT2D eigenvalue weighted by molar-refractivity contribution is 0.449. The minimum atomic E-state index is 0.0416. The van der Waals surface area contributed by atoms with E-state index in [2.05, 4.69) is 12.1 Å². The Morgan fingerprint density at radius 3 is 2.30 bits per heavy atom. The fourth-order valence-corrected chi connectivity index (χ4v) is 0.921. The van der Waals surface area contributed by atoms with Gasteiger partial charge in [-0.2, -0.15) is 4.91 Å². The predicted octanol–water partition coefficient (Wildman–Crippen LogP) is 2.97. The Bertz CT molecular complexity index is 91.3. The van der Waals surface area contributed by atoms with Crippen LogP contribution in [0.4, 0.5) is 0 Å². The summed E-state index contributed by atoms with van der Waals surface area (Å²) in [6, 6.07) is 0.0416. The molecular formula is C8H17NO. The summed E-state index contributed by atoms with van der Waals surface area (Å²) in [6.45, 7) is 6.21. The van der Waals surface area contributed by atoms with Crippen molar-refractivity contribution in [3.63, 3.8) is 0 Å². The lowest BCUT2D eigenvalue weighted by Gasteiger charge is -2.10. The van der Waals surface area contributed by atoms with Gasteiger partial charge in [0.15, 0.2) is 0 Å². The molecule has 0 rings (SSSR count). The average molecular weight is 143 g/mol. The summed E-state index contributed by atoms with van der Waals surface area (Å²) in [7, 11) is 0. The maximum absolute atomic E-state index is 10.2. The Morgan fingerprint density at radius 1 is 1.40 bits per heavy atom. The van der Waals surface area contributed by atoms with E-state index in [0.717, 1.165) is 19.3 Å². The monoisotopic (exact) mass is 143 g/mol. The van der Waals surface area contributed by atoms with E-state index < -0.39 is 0 Å². The molecular weight excluding hydrogens is 126 g/mol. The molecule has 10 heavy (non-hydrogen) atoms. The molecule has 0 aliphatic heterocycles. The third kappa shape index (κ3) is 3.59. The maximum Gasteiger partial charge on any atom is 0.0942 e. The van der Waals surface area contributed by atoms with Gasteiger partial charge in [0.25, 0.3) is 0 Å². The molecule has 0 radical (unpaired) electrons. The predicted molar refractivity (Wildman–Crippen MR) is 43.9 cm³/mol. The zero-order chi connectivity index (χ0) is 7.98. The molecule has 0 aromatic rings. The molecule has 0 aliphatic rings. The van der Waals surface area contributed by atoms with Crippen LogP contribution in [0, 0.1) is 10.8 Å².